The quantitative estimate of drug-likeness (QED) is 0.852. The molecule has 0 amide bonds. The van der Waals surface area contributed by atoms with Crippen molar-refractivity contribution in [2.45, 2.75) is 30.7 Å². The molecule has 1 atom stereocenters. The van der Waals surface area contributed by atoms with E-state index in [0.29, 0.717) is 15.9 Å². The molecule has 0 heterocycles. The Balaban J connectivity index is 3.10. The minimum atomic E-state index is -3.68. The Morgan fingerprint density at radius 3 is 2.56 bits per heavy atom. The first-order valence-corrected chi connectivity index (χ1v) is 7.99. The van der Waals surface area contributed by atoms with Crippen molar-refractivity contribution < 1.29 is 13.5 Å². The van der Waals surface area contributed by atoms with Gasteiger partial charge in [-0.25, -0.2) is 13.1 Å². The van der Waals surface area contributed by atoms with Crippen LogP contribution in [0.15, 0.2) is 27.6 Å². The number of nitrogens with one attached hydrogen (secondary N) is 1. The van der Waals surface area contributed by atoms with Gasteiger partial charge in [0, 0.05) is 4.47 Å². The van der Waals surface area contributed by atoms with Crippen molar-refractivity contribution in [2.24, 2.45) is 0 Å². The number of rotatable bonds is 5. The van der Waals surface area contributed by atoms with Crippen molar-refractivity contribution in [1.82, 2.24) is 4.72 Å². The van der Waals surface area contributed by atoms with Gasteiger partial charge in [-0.1, -0.05) is 18.5 Å². The van der Waals surface area contributed by atoms with Crippen molar-refractivity contribution in [2.75, 3.05) is 6.61 Å². The average molecular weight is 357 g/mol. The molecule has 18 heavy (non-hydrogen) atoms. The van der Waals surface area contributed by atoms with Crippen molar-refractivity contribution in [3.8, 4) is 0 Å². The Bertz CT molecular complexity index is 529. The van der Waals surface area contributed by atoms with Crippen molar-refractivity contribution in [1.29, 1.82) is 0 Å². The third-order valence-corrected chi connectivity index (χ3v) is 5.56. The summed E-state index contributed by atoms with van der Waals surface area (Å²) >= 11 is 9.00. The van der Waals surface area contributed by atoms with Crippen LogP contribution in [0.1, 0.15) is 20.3 Å². The van der Waals surface area contributed by atoms with Crippen LogP contribution in [0.25, 0.3) is 0 Å². The van der Waals surface area contributed by atoms with E-state index in [0.717, 1.165) is 0 Å². The maximum absolute atomic E-state index is 12.1. The van der Waals surface area contributed by atoms with Gasteiger partial charge in [-0.15, -0.1) is 0 Å². The van der Waals surface area contributed by atoms with E-state index < -0.39 is 15.6 Å². The molecule has 0 fully saturated rings. The molecule has 0 aliphatic heterocycles. The van der Waals surface area contributed by atoms with Crippen molar-refractivity contribution in [3.63, 3.8) is 0 Å². The van der Waals surface area contributed by atoms with Crippen LogP contribution < -0.4 is 4.72 Å². The number of hydrogen-bond acceptors (Lipinski definition) is 3. The third-order valence-electron chi connectivity index (χ3n) is 2.71. The van der Waals surface area contributed by atoms with E-state index >= 15 is 0 Å². The number of aliphatic hydroxyl groups excluding tert-OH is 1. The van der Waals surface area contributed by atoms with Gasteiger partial charge in [0.15, 0.2) is 0 Å². The van der Waals surface area contributed by atoms with Gasteiger partial charge < -0.3 is 5.11 Å². The van der Waals surface area contributed by atoms with E-state index in [4.69, 9.17) is 11.6 Å². The Morgan fingerprint density at radius 1 is 1.50 bits per heavy atom. The van der Waals surface area contributed by atoms with Crippen LogP contribution in [-0.2, 0) is 10.0 Å². The molecule has 0 bridgehead atoms. The summed E-state index contributed by atoms with van der Waals surface area (Å²) in [5.74, 6) is 0. The summed E-state index contributed by atoms with van der Waals surface area (Å²) in [6, 6.07) is 4.35. The molecule has 1 aromatic carbocycles. The van der Waals surface area contributed by atoms with Gasteiger partial charge in [0.1, 0.15) is 0 Å². The molecule has 0 spiro atoms. The number of halogens is 2. The zero-order chi connectivity index (χ0) is 14.0. The molecular formula is C11H15BrClNO3S. The van der Waals surface area contributed by atoms with Crippen molar-refractivity contribution in [3.05, 3.63) is 27.7 Å². The van der Waals surface area contributed by atoms with E-state index in [1.807, 2.05) is 0 Å². The topological polar surface area (TPSA) is 66.4 Å². The molecule has 0 aliphatic rings. The summed E-state index contributed by atoms with van der Waals surface area (Å²) in [5.41, 5.74) is -0.870. The first-order valence-electron chi connectivity index (χ1n) is 5.34. The first kappa shape index (κ1) is 15.9. The zero-order valence-corrected chi connectivity index (χ0v) is 13.2. The van der Waals surface area contributed by atoms with Crippen LogP contribution in [0.4, 0.5) is 0 Å². The predicted molar refractivity (Wildman–Crippen MR) is 75.3 cm³/mol. The van der Waals surface area contributed by atoms with Gasteiger partial charge in [0.25, 0.3) is 0 Å². The molecule has 0 radical (unpaired) electrons. The molecule has 1 aromatic rings. The molecule has 1 unspecified atom stereocenters. The van der Waals surface area contributed by atoms with E-state index in [1.165, 1.54) is 18.2 Å². The Hall–Kier alpha value is -0.140. The van der Waals surface area contributed by atoms with Gasteiger partial charge in [-0.3, -0.25) is 0 Å². The molecule has 7 heteroatoms. The summed E-state index contributed by atoms with van der Waals surface area (Å²) in [6.45, 7) is 3.18. The van der Waals surface area contributed by atoms with Gasteiger partial charge in [0.2, 0.25) is 10.0 Å². The second kappa shape index (κ2) is 5.88. The molecule has 0 saturated carbocycles. The summed E-state index contributed by atoms with van der Waals surface area (Å²) in [6.07, 6.45) is 0.484. The summed E-state index contributed by atoms with van der Waals surface area (Å²) in [7, 11) is -3.68. The molecule has 1 rings (SSSR count). The lowest BCUT2D eigenvalue weighted by Crippen LogP contribution is -2.48. The molecule has 102 valence electrons. The number of benzene rings is 1. The molecule has 4 nitrogen and oxygen atoms in total. The van der Waals surface area contributed by atoms with Crippen LogP contribution in [-0.4, -0.2) is 25.7 Å². The average Bonchev–Trinajstić information content (AvgIpc) is 2.32. The lowest BCUT2D eigenvalue weighted by atomic mass is 10.0. The minimum absolute atomic E-state index is 0.104. The minimum Gasteiger partial charge on any atom is -0.394 e. The van der Waals surface area contributed by atoms with Crippen LogP contribution in [0.2, 0.25) is 5.02 Å². The fourth-order valence-electron chi connectivity index (χ4n) is 1.24. The van der Waals surface area contributed by atoms with E-state index in [2.05, 4.69) is 20.7 Å². The van der Waals surface area contributed by atoms with Gasteiger partial charge >= 0.3 is 0 Å². The van der Waals surface area contributed by atoms with Gasteiger partial charge in [-0.05, 0) is 47.5 Å². The summed E-state index contributed by atoms with van der Waals surface area (Å²) in [4.78, 5) is 0.104. The SMILES string of the molecule is CCC(C)(CO)NS(=O)(=O)c1ccc(Cl)c(Br)c1. The maximum atomic E-state index is 12.1. The predicted octanol–water partition coefficient (Wildman–Crippen LogP) is 2.54. The number of sulfonamides is 1. The van der Waals surface area contributed by atoms with E-state index in [1.54, 1.807) is 13.8 Å². The highest BCUT2D eigenvalue weighted by Crippen LogP contribution is 2.26. The third kappa shape index (κ3) is 3.68. The number of hydrogen-bond donors (Lipinski definition) is 2. The highest BCUT2D eigenvalue weighted by Gasteiger charge is 2.28. The van der Waals surface area contributed by atoms with Crippen LogP contribution in [0.3, 0.4) is 0 Å². The van der Waals surface area contributed by atoms with Gasteiger partial charge in [0.05, 0.1) is 22.1 Å². The molecule has 0 aromatic heterocycles. The fraction of sp³-hybridized carbons (Fsp3) is 0.455. The Labute approximate surface area is 121 Å². The molecule has 0 saturated heterocycles. The van der Waals surface area contributed by atoms with Gasteiger partial charge in [-0.2, -0.15) is 0 Å². The van der Waals surface area contributed by atoms with E-state index in [-0.39, 0.29) is 11.5 Å². The maximum Gasteiger partial charge on any atom is 0.241 e. The highest BCUT2D eigenvalue weighted by molar-refractivity contribution is 9.10. The molecule has 0 aliphatic carbocycles. The monoisotopic (exact) mass is 355 g/mol. The molecular weight excluding hydrogens is 342 g/mol. The smallest absolute Gasteiger partial charge is 0.241 e. The largest absolute Gasteiger partial charge is 0.394 e. The van der Waals surface area contributed by atoms with Crippen LogP contribution >= 0.6 is 27.5 Å². The zero-order valence-electron chi connectivity index (χ0n) is 10.1. The van der Waals surface area contributed by atoms with Crippen molar-refractivity contribution >= 4 is 37.6 Å². The summed E-state index contributed by atoms with van der Waals surface area (Å²) in [5, 5.41) is 9.68. The fourth-order valence-corrected chi connectivity index (χ4v) is 3.39. The lowest BCUT2D eigenvalue weighted by molar-refractivity contribution is 0.191. The second-order valence-electron chi connectivity index (χ2n) is 4.25. The standard InChI is InChI=1S/C11H15BrClNO3S/c1-3-11(2,7-15)14-18(16,17)8-4-5-10(13)9(12)6-8/h4-6,14-15H,3,7H2,1-2H3. The Morgan fingerprint density at radius 2 is 2.11 bits per heavy atom. The Kier molecular flexibility index (Phi) is 5.20. The van der Waals surface area contributed by atoms with Crippen LogP contribution in [0.5, 0.6) is 0 Å². The lowest BCUT2D eigenvalue weighted by Gasteiger charge is -2.26. The molecule has 2 N–H and O–H groups in total. The van der Waals surface area contributed by atoms with E-state index in [9.17, 15) is 13.5 Å². The van der Waals surface area contributed by atoms with Crippen LogP contribution in [0, 0.1) is 0 Å². The number of aliphatic hydroxyl groups is 1. The first-order chi connectivity index (χ1) is 8.24. The second-order valence-corrected chi connectivity index (χ2v) is 7.20. The highest BCUT2D eigenvalue weighted by atomic mass is 79.9. The summed E-state index contributed by atoms with van der Waals surface area (Å²) < 4.78 is 27.3. The normalized spacial score (nSPS) is 15.4.